The molecule has 3 heterocycles. The maximum Gasteiger partial charge on any atom is 0.197 e. The van der Waals surface area contributed by atoms with Crippen molar-refractivity contribution in [2.75, 3.05) is 24.1 Å². The third-order valence-electron chi connectivity index (χ3n) is 3.75. The molecule has 2 aromatic heterocycles. The summed E-state index contributed by atoms with van der Waals surface area (Å²) in [5.41, 5.74) is 10.0. The summed E-state index contributed by atoms with van der Waals surface area (Å²) < 4.78 is 0. The Bertz CT molecular complexity index is 881. The van der Waals surface area contributed by atoms with Crippen LogP contribution in [-0.4, -0.2) is 24.0 Å². The van der Waals surface area contributed by atoms with E-state index in [9.17, 15) is 0 Å². The molecule has 1 aliphatic rings. The van der Waals surface area contributed by atoms with Gasteiger partial charge in [0.15, 0.2) is 11.1 Å². The van der Waals surface area contributed by atoms with Crippen LogP contribution in [0.3, 0.4) is 0 Å². The van der Waals surface area contributed by atoms with Gasteiger partial charge in [-0.15, -0.1) is 22.7 Å². The van der Waals surface area contributed by atoms with E-state index >= 15 is 0 Å². The number of guanidine groups is 1. The van der Waals surface area contributed by atoms with Gasteiger partial charge in [-0.05, 0) is 18.6 Å². The lowest BCUT2D eigenvalue weighted by Crippen LogP contribution is -2.35. The summed E-state index contributed by atoms with van der Waals surface area (Å²) in [6.07, 6.45) is 1.08. The fourth-order valence-electron chi connectivity index (χ4n) is 2.51. The van der Waals surface area contributed by atoms with Crippen LogP contribution in [0, 0.1) is 0 Å². The van der Waals surface area contributed by atoms with Gasteiger partial charge >= 0.3 is 0 Å². The van der Waals surface area contributed by atoms with Crippen molar-refractivity contribution in [3.05, 3.63) is 41.1 Å². The van der Waals surface area contributed by atoms with Gasteiger partial charge in [-0.25, -0.2) is 4.98 Å². The normalized spacial score (nSPS) is 14.1. The van der Waals surface area contributed by atoms with Gasteiger partial charge in [0.05, 0.1) is 5.69 Å². The fraction of sp³-hybridized carbons (Fsp3) is 0.176. The Hall–Kier alpha value is -2.38. The van der Waals surface area contributed by atoms with E-state index in [0.29, 0.717) is 0 Å². The zero-order valence-corrected chi connectivity index (χ0v) is 14.6. The molecule has 0 spiro atoms. The van der Waals surface area contributed by atoms with E-state index in [0.717, 1.165) is 58.0 Å². The average Bonchev–Trinajstić information content (AvgIpc) is 3.25. The second-order valence-corrected chi connectivity index (χ2v) is 7.23. The molecule has 0 radical (unpaired) electrons. The molecule has 0 bridgehead atoms. The van der Waals surface area contributed by atoms with Crippen molar-refractivity contribution in [2.24, 2.45) is 4.99 Å². The van der Waals surface area contributed by atoms with Crippen molar-refractivity contribution >= 4 is 39.5 Å². The Kier molecular flexibility index (Phi) is 4.18. The van der Waals surface area contributed by atoms with Crippen molar-refractivity contribution in [2.45, 2.75) is 6.42 Å². The molecular formula is C17H17N5S2. The van der Waals surface area contributed by atoms with E-state index in [2.05, 4.69) is 37.4 Å². The number of nitrogens with two attached hydrogens (primary N) is 1. The SMILES string of the molecule is Nc1ccccc1-c1cc(-c2csc(NC3=NCCCN3)n2)cs1. The van der Waals surface area contributed by atoms with Gasteiger partial charge in [0, 0.05) is 45.5 Å². The van der Waals surface area contributed by atoms with Crippen molar-refractivity contribution in [3.8, 4) is 21.7 Å². The first kappa shape index (κ1) is 15.2. The lowest BCUT2D eigenvalue weighted by Gasteiger charge is -2.14. The first-order valence-electron chi connectivity index (χ1n) is 7.74. The summed E-state index contributed by atoms with van der Waals surface area (Å²) in [4.78, 5) is 10.2. The van der Waals surface area contributed by atoms with Crippen LogP contribution in [0.4, 0.5) is 10.8 Å². The van der Waals surface area contributed by atoms with E-state index in [4.69, 9.17) is 5.73 Å². The topological polar surface area (TPSA) is 75.3 Å². The number of anilines is 2. The maximum absolute atomic E-state index is 6.07. The van der Waals surface area contributed by atoms with Crippen molar-refractivity contribution in [3.63, 3.8) is 0 Å². The van der Waals surface area contributed by atoms with Crippen LogP contribution >= 0.6 is 22.7 Å². The molecule has 7 heteroatoms. The number of nitrogens with zero attached hydrogens (tertiary/aromatic N) is 2. The number of benzene rings is 1. The minimum absolute atomic E-state index is 0.799. The smallest absolute Gasteiger partial charge is 0.197 e. The van der Waals surface area contributed by atoms with Gasteiger partial charge in [0.1, 0.15) is 0 Å². The highest BCUT2D eigenvalue weighted by atomic mass is 32.1. The molecule has 1 aromatic carbocycles. The largest absolute Gasteiger partial charge is 0.398 e. The first-order chi connectivity index (χ1) is 11.8. The molecule has 0 amide bonds. The Morgan fingerprint density at radius 2 is 2.08 bits per heavy atom. The van der Waals surface area contributed by atoms with Crippen LogP contribution in [0.15, 0.2) is 46.1 Å². The molecule has 0 fully saturated rings. The van der Waals surface area contributed by atoms with E-state index < -0.39 is 0 Å². The minimum Gasteiger partial charge on any atom is -0.398 e. The first-order valence-corrected chi connectivity index (χ1v) is 9.50. The molecule has 0 saturated carbocycles. The van der Waals surface area contributed by atoms with Crippen molar-refractivity contribution < 1.29 is 0 Å². The summed E-state index contributed by atoms with van der Waals surface area (Å²) in [5.74, 6) is 0.810. The van der Waals surface area contributed by atoms with Gasteiger partial charge in [0.25, 0.3) is 0 Å². The Morgan fingerprint density at radius 1 is 1.17 bits per heavy atom. The van der Waals surface area contributed by atoms with Crippen LogP contribution in [0.2, 0.25) is 0 Å². The standard InChI is InChI=1S/C17H17N5S2/c18-13-5-2-1-4-12(13)15-8-11(9-23-15)14-10-24-17(21-14)22-16-19-6-3-7-20-16/h1-2,4-5,8-10H,3,6-7,18H2,(H2,19,20,21,22). The van der Waals surface area contributed by atoms with E-state index in [1.165, 1.54) is 0 Å². The summed E-state index contributed by atoms with van der Waals surface area (Å²) in [7, 11) is 0. The highest BCUT2D eigenvalue weighted by Gasteiger charge is 2.11. The molecule has 0 unspecified atom stereocenters. The molecule has 0 saturated heterocycles. The number of aliphatic imine (C=N–C) groups is 1. The third kappa shape index (κ3) is 3.13. The lowest BCUT2D eigenvalue weighted by molar-refractivity contribution is 0.740. The molecule has 5 nitrogen and oxygen atoms in total. The second-order valence-electron chi connectivity index (χ2n) is 5.46. The molecule has 0 aliphatic carbocycles. The zero-order valence-electron chi connectivity index (χ0n) is 13.0. The van der Waals surface area contributed by atoms with Crippen LogP contribution in [0.25, 0.3) is 21.7 Å². The Balaban J connectivity index is 1.55. The molecule has 1 aliphatic heterocycles. The predicted molar refractivity (Wildman–Crippen MR) is 104 cm³/mol. The number of para-hydroxylation sites is 1. The summed E-state index contributed by atoms with van der Waals surface area (Å²) >= 11 is 3.27. The van der Waals surface area contributed by atoms with Crippen molar-refractivity contribution in [1.29, 1.82) is 0 Å². The highest BCUT2D eigenvalue weighted by molar-refractivity contribution is 7.15. The van der Waals surface area contributed by atoms with Crippen molar-refractivity contribution in [1.82, 2.24) is 10.3 Å². The lowest BCUT2D eigenvalue weighted by atomic mass is 10.1. The fourth-order valence-corrected chi connectivity index (χ4v) is 4.18. The number of rotatable bonds is 3. The third-order valence-corrected chi connectivity index (χ3v) is 5.47. The van der Waals surface area contributed by atoms with Gasteiger partial charge in [-0.1, -0.05) is 18.2 Å². The van der Waals surface area contributed by atoms with Crippen LogP contribution in [0.1, 0.15) is 6.42 Å². The highest BCUT2D eigenvalue weighted by Crippen LogP contribution is 2.36. The molecule has 4 N–H and O–H groups in total. The predicted octanol–water partition coefficient (Wildman–Crippen LogP) is 3.88. The molecular weight excluding hydrogens is 338 g/mol. The minimum atomic E-state index is 0.799. The monoisotopic (exact) mass is 355 g/mol. The molecule has 4 rings (SSSR count). The summed E-state index contributed by atoms with van der Waals surface area (Å²) in [6.45, 7) is 1.82. The van der Waals surface area contributed by atoms with Gasteiger partial charge in [-0.3, -0.25) is 4.99 Å². The average molecular weight is 355 g/mol. The second kappa shape index (κ2) is 6.62. The Morgan fingerprint density at radius 3 is 2.92 bits per heavy atom. The quantitative estimate of drug-likeness (QED) is 0.623. The van der Waals surface area contributed by atoms with Gasteiger partial charge in [-0.2, -0.15) is 0 Å². The summed E-state index contributed by atoms with van der Waals surface area (Å²) in [6, 6.07) is 10.1. The summed E-state index contributed by atoms with van der Waals surface area (Å²) in [5, 5.41) is 11.5. The number of nitrogen functional groups attached to an aromatic ring is 1. The number of thiophene rings is 1. The van der Waals surface area contributed by atoms with Crippen LogP contribution in [-0.2, 0) is 0 Å². The van der Waals surface area contributed by atoms with Crippen LogP contribution in [0.5, 0.6) is 0 Å². The van der Waals surface area contributed by atoms with Gasteiger partial charge in [0.2, 0.25) is 0 Å². The maximum atomic E-state index is 6.07. The molecule has 122 valence electrons. The number of aromatic nitrogens is 1. The van der Waals surface area contributed by atoms with E-state index in [-0.39, 0.29) is 0 Å². The zero-order chi connectivity index (χ0) is 16.4. The number of hydrogen-bond acceptors (Lipinski definition) is 7. The number of nitrogens with one attached hydrogen (secondary N) is 2. The number of thiazole rings is 1. The molecule has 0 atom stereocenters. The van der Waals surface area contributed by atoms with Gasteiger partial charge < -0.3 is 16.4 Å². The van der Waals surface area contributed by atoms with Crippen LogP contribution < -0.4 is 16.4 Å². The number of hydrogen-bond donors (Lipinski definition) is 3. The molecule has 24 heavy (non-hydrogen) atoms. The Labute approximate surface area is 148 Å². The molecule has 3 aromatic rings. The van der Waals surface area contributed by atoms with E-state index in [1.54, 1.807) is 22.7 Å². The van der Waals surface area contributed by atoms with E-state index in [1.807, 2.05) is 24.3 Å².